The Hall–Kier alpha value is -0.960. The van der Waals surface area contributed by atoms with Crippen LogP contribution in [0.15, 0.2) is 10.5 Å². The Morgan fingerprint density at radius 1 is 1.53 bits per heavy atom. The van der Waals surface area contributed by atoms with Crippen LogP contribution in [0.3, 0.4) is 0 Å². The maximum Gasteiger partial charge on any atom is 0.289 e. The van der Waals surface area contributed by atoms with Crippen molar-refractivity contribution in [2.24, 2.45) is 5.92 Å². The first-order valence-corrected chi connectivity index (χ1v) is 6.59. The maximum atomic E-state index is 12.2. The molecule has 1 aromatic heterocycles. The van der Waals surface area contributed by atoms with Crippen molar-refractivity contribution in [2.75, 3.05) is 13.1 Å². The molecule has 0 N–H and O–H groups in total. The van der Waals surface area contributed by atoms with Crippen LogP contribution < -0.4 is 0 Å². The average Bonchev–Trinajstić information content (AvgIpc) is 2.70. The number of amides is 1. The second-order valence-electron chi connectivity index (χ2n) is 4.80. The van der Waals surface area contributed by atoms with E-state index in [2.05, 4.69) is 6.92 Å². The molecule has 2 heterocycles. The van der Waals surface area contributed by atoms with Gasteiger partial charge in [0, 0.05) is 18.7 Å². The van der Waals surface area contributed by atoms with Crippen molar-refractivity contribution >= 4 is 17.5 Å². The molecule has 1 amide bonds. The van der Waals surface area contributed by atoms with Gasteiger partial charge in [-0.1, -0.05) is 6.92 Å². The van der Waals surface area contributed by atoms with E-state index in [0.29, 0.717) is 11.6 Å². The summed E-state index contributed by atoms with van der Waals surface area (Å²) in [5.74, 6) is 2.27. The largest absolute Gasteiger partial charge is 0.456 e. The summed E-state index contributed by atoms with van der Waals surface area (Å²) in [7, 11) is 0. The van der Waals surface area contributed by atoms with Crippen LogP contribution in [0, 0.1) is 12.8 Å². The van der Waals surface area contributed by atoms with Crippen LogP contribution in [0.2, 0.25) is 0 Å². The minimum Gasteiger partial charge on any atom is -0.456 e. The highest BCUT2D eigenvalue weighted by molar-refractivity contribution is 6.17. The lowest BCUT2D eigenvalue weighted by Crippen LogP contribution is -2.37. The minimum absolute atomic E-state index is 0.00336. The number of likely N-dealkylation sites (tertiary alicyclic amines) is 1. The van der Waals surface area contributed by atoms with E-state index < -0.39 is 0 Å². The highest BCUT2D eigenvalue weighted by Crippen LogP contribution is 2.21. The summed E-state index contributed by atoms with van der Waals surface area (Å²) in [6, 6.07) is 1.77. The lowest BCUT2D eigenvalue weighted by Gasteiger charge is -2.29. The maximum absolute atomic E-state index is 12.2. The van der Waals surface area contributed by atoms with Gasteiger partial charge >= 0.3 is 0 Å². The third-order valence-electron chi connectivity index (χ3n) is 3.45. The summed E-state index contributed by atoms with van der Waals surface area (Å²) < 4.78 is 5.47. The molecule has 0 saturated carbocycles. The van der Waals surface area contributed by atoms with Crippen LogP contribution in [0.5, 0.6) is 0 Å². The van der Waals surface area contributed by atoms with Crippen molar-refractivity contribution in [2.45, 2.75) is 32.6 Å². The number of hydrogen-bond donors (Lipinski definition) is 0. The Balaban J connectivity index is 2.08. The van der Waals surface area contributed by atoms with E-state index in [1.54, 1.807) is 6.07 Å². The number of hydrogen-bond acceptors (Lipinski definition) is 2. The number of alkyl halides is 1. The molecular formula is C13H18ClNO2. The quantitative estimate of drug-likeness (QED) is 0.761. The lowest BCUT2D eigenvalue weighted by molar-refractivity contribution is 0.0663. The lowest BCUT2D eigenvalue weighted by atomic mass is 9.99. The number of rotatable bonds is 2. The van der Waals surface area contributed by atoms with Crippen LogP contribution in [-0.2, 0) is 5.88 Å². The first-order valence-electron chi connectivity index (χ1n) is 6.06. The van der Waals surface area contributed by atoms with Gasteiger partial charge < -0.3 is 9.32 Å². The zero-order valence-electron chi connectivity index (χ0n) is 10.3. The van der Waals surface area contributed by atoms with Gasteiger partial charge in [-0.25, -0.2) is 0 Å². The summed E-state index contributed by atoms with van der Waals surface area (Å²) >= 11 is 5.77. The molecule has 1 aliphatic rings. The molecule has 0 bridgehead atoms. The molecule has 0 aliphatic carbocycles. The van der Waals surface area contributed by atoms with Gasteiger partial charge in [0.25, 0.3) is 5.91 Å². The first kappa shape index (κ1) is 12.5. The van der Waals surface area contributed by atoms with E-state index in [-0.39, 0.29) is 5.91 Å². The predicted molar refractivity (Wildman–Crippen MR) is 67.3 cm³/mol. The first-order chi connectivity index (χ1) is 8.11. The van der Waals surface area contributed by atoms with E-state index in [4.69, 9.17) is 16.0 Å². The Morgan fingerprint density at radius 3 is 2.71 bits per heavy atom. The van der Waals surface area contributed by atoms with E-state index in [9.17, 15) is 4.79 Å². The van der Waals surface area contributed by atoms with E-state index in [1.807, 2.05) is 11.8 Å². The van der Waals surface area contributed by atoms with Gasteiger partial charge in [0.15, 0.2) is 5.76 Å². The molecule has 2 rings (SSSR count). The Kier molecular flexibility index (Phi) is 3.77. The van der Waals surface area contributed by atoms with Gasteiger partial charge in [0.05, 0.1) is 5.88 Å². The molecule has 3 nitrogen and oxygen atoms in total. The Labute approximate surface area is 107 Å². The monoisotopic (exact) mass is 255 g/mol. The second-order valence-corrected chi connectivity index (χ2v) is 5.07. The van der Waals surface area contributed by atoms with Gasteiger partial charge in [-0.3, -0.25) is 4.79 Å². The van der Waals surface area contributed by atoms with Crippen molar-refractivity contribution in [3.63, 3.8) is 0 Å². The molecule has 1 fully saturated rings. The van der Waals surface area contributed by atoms with E-state index in [1.165, 1.54) is 0 Å². The Bertz CT molecular complexity index is 406. The molecule has 0 unspecified atom stereocenters. The van der Waals surface area contributed by atoms with E-state index >= 15 is 0 Å². The Morgan fingerprint density at radius 2 is 2.18 bits per heavy atom. The highest BCUT2D eigenvalue weighted by Gasteiger charge is 2.24. The standard InChI is InChI=1S/C13H18ClNO2/c1-9-3-5-15(6-4-9)13(16)12-7-11(8-14)10(2)17-12/h7,9H,3-6,8H2,1-2H3. The summed E-state index contributed by atoms with van der Waals surface area (Å²) in [6.07, 6.45) is 2.15. The summed E-state index contributed by atoms with van der Waals surface area (Å²) in [5.41, 5.74) is 0.903. The van der Waals surface area contributed by atoms with Gasteiger partial charge in [0.2, 0.25) is 0 Å². The second kappa shape index (κ2) is 5.13. The molecule has 0 atom stereocenters. The molecule has 0 spiro atoms. The zero-order chi connectivity index (χ0) is 12.4. The van der Waals surface area contributed by atoms with Crippen molar-refractivity contribution in [3.8, 4) is 0 Å². The fraction of sp³-hybridized carbons (Fsp3) is 0.615. The molecule has 1 aromatic rings. The predicted octanol–water partition coefficient (Wildman–Crippen LogP) is 3.20. The minimum atomic E-state index is -0.00336. The number of carbonyl (C=O) groups is 1. The number of carbonyl (C=O) groups excluding carboxylic acids is 1. The van der Waals surface area contributed by atoms with Crippen molar-refractivity contribution in [3.05, 3.63) is 23.2 Å². The zero-order valence-corrected chi connectivity index (χ0v) is 11.1. The third kappa shape index (κ3) is 2.65. The molecular weight excluding hydrogens is 238 g/mol. The normalized spacial score (nSPS) is 17.5. The van der Waals surface area contributed by atoms with E-state index in [0.717, 1.165) is 43.2 Å². The van der Waals surface area contributed by atoms with Crippen molar-refractivity contribution in [1.82, 2.24) is 4.90 Å². The molecule has 94 valence electrons. The molecule has 17 heavy (non-hydrogen) atoms. The van der Waals surface area contributed by atoms with Gasteiger partial charge in [0.1, 0.15) is 5.76 Å². The van der Waals surface area contributed by atoms with Crippen molar-refractivity contribution < 1.29 is 9.21 Å². The average molecular weight is 256 g/mol. The fourth-order valence-corrected chi connectivity index (χ4v) is 2.39. The number of halogens is 1. The van der Waals surface area contributed by atoms with Crippen molar-refractivity contribution in [1.29, 1.82) is 0 Å². The van der Waals surface area contributed by atoms with Crippen LogP contribution in [0.4, 0.5) is 0 Å². The SMILES string of the molecule is Cc1oc(C(=O)N2CCC(C)CC2)cc1CCl. The number of piperidine rings is 1. The van der Waals surface area contributed by atoms with Crippen LogP contribution >= 0.6 is 11.6 Å². The van der Waals surface area contributed by atoms with Gasteiger partial charge in [-0.15, -0.1) is 11.6 Å². The topological polar surface area (TPSA) is 33.5 Å². The third-order valence-corrected chi connectivity index (χ3v) is 3.73. The summed E-state index contributed by atoms with van der Waals surface area (Å²) in [6.45, 7) is 5.73. The number of furan rings is 1. The molecule has 1 saturated heterocycles. The summed E-state index contributed by atoms with van der Waals surface area (Å²) in [5, 5.41) is 0. The van der Waals surface area contributed by atoms with Gasteiger partial charge in [-0.2, -0.15) is 0 Å². The van der Waals surface area contributed by atoms with Gasteiger partial charge in [-0.05, 0) is 31.7 Å². The smallest absolute Gasteiger partial charge is 0.289 e. The molecule has 0 radical (unpaired) electrons. The molecule has 0 aromatic carbocycles. The number of nitrogens with zero attached hydrogens (tertiary/aromatic N) is 1. The fourth-order valence-electron chi connectivity index (χ4n) is 2.13. The molecule has 1 aliphatic heterocycles. The summed E-state index contributed by atoms with van der Waals surface area (Å²) in [4.78, 5) is 14.0. The van der Waals surface area contributed by atoms with Crippen LogP contribution in [-0.4, -0.2) is 23.9 Å². The van der Waals surface area contributed by atoms with Crippen LogP contribution in [0.1, 0.15) is 41.6 Å². The molecule has 4 heteroatoms. The highest BCUT2D eigenvalue weighted by atomic mass is 35.5. The number of aryl methyl sites for hydroxylation is 1. The van der Waals surface area contributed by atoms with Crippen LogP contribution in [0.25, 0.3) is 0 Å².